The third kappa shape index (κ3) is 5.48. The molecule has 4 rings (SSSR count). The van der Waals surface area contributed by atoms with Gasteiger partial charge in [-0.3, -0.25) is 9.59 Å². The third-order valence-corrected chi connectivity index (χ3v) is 6.66. The Morgan fingerprint density at radius 3 is 2.43 bits per heavy atom. The van der Waals surface area contributed by atoms with E-state index in [2.05, 4.69) is 0 Å². The molecule has 8 heteroatoms. The standard InChI is InChI=1S/C29H28ClNO6/c1-18-6-4-5-7-21(18)17-37-22-11-8-19(9-12-22)26-25(28(33)29(34)31(26)14-15-35-2)27(32)20-10-13-23(30)24(16-20)36-3/h4-13,16,26,32H,14-15,17H2,1-3H3/b27-25-. The number of likely N-dealkylation sites (tertiary alicyclic amines) is 1. The van der Waals surface area contributed by atoms with Crippen molar-refractivity contribution >= 4 is 29.1 Å². The van der Waals surface area contributed by atoms with Crippen LogP contribution in [0.2, 0.25) is 5.02 Å². The molecule has 3 aromatic carbocycles. The van der Waals surface area contributed by atoms with Crippen LogP contribution in [0.4, 0.5) is 0 Å². The van der Waals surface area contributed by atoms with Crippen LogP contribution in [0.1, 0.15) is 28.3 Å². The van der Waals surface area contributed by atoms with Crippen molar-refractivity contribution < 1.29 is 28.9 Å². The molecule has 7 nitrogen and oxygen atoms in total. The van der Waals surface area contributed by atoms with Crippen molar-refractivity contribution in [2.45, 2.75) is 19.6 Å². The molecule has 37 heavy (non-hydrogen) atoms. The Labute approximate surface area is 220 Å². The Bertz CT molecular complexity index is 1330. The molecular weight excluding hydrogens is 494 g/mol. The SMILES string of the molecule is COCCN1C(=O)C(=O)/C(=C(\O)c2ccc(Cl)c(OC)c2)C1c1ccc(OCc2ccccc2C)cc1. The molecule has 1 fully saturated rings. The molecule has 1 heterocycles. The summed E-state index contributed by atoms with van der Waals surface area (Å²) >= 11 is 6.13. The Hall–Kier alpha value is -3.81. The Balaban J connectivity index is 1.69. The number of aryl methyl sites for hydroxylation is 1. The van der Waals surface area contributed by atoms with Crippen LogP contribution in [0.25, 0.3) is 5.76 Å². The van der Waals surface area contributed by atoms with Crippen molar-refractivity contribution in [2.24, 2.45) is 0 Å². The number of carbonyl (C=O) groups is 2. The van der Waals surface area contributed by atoms with Gasteiger partial charge in [0.25, 0.3) is 11.7 Å². The fourth-order valence-electron chi connectivity index (χ4n) is 4.29. The van der Waals surface area contributed by atoms with E-state index in [-0.39, 0.29) is 24.5 Å². The number of ketones is 1. The maximum absolute atomic E-state index is 13.1. The van der Waals surface area contributed by atoms with Gasteiger partial charge in [0.1, 0.15) is 23.9 Å². The number of Topliss-reactive ketones (excluding diaryl/α,β-unsaturated/α-hetero) is 1. The Kier molecular flexibility index (Phi) is 8.16. The summed E-state index contributed by atoms with van der Waals surface area (Å²) in [6.07, 6.45) is 0. The number of aliphatic hydroxyl groups excluding tert-OH is 1. The number of nitrogens with zero attached hydrogens (tertiary/aromatic N) is 1. The van der Waals surface area contributed by atoms with Gasteiger partial charge in [0.05, 0.1) is 30.4 Å². The first kappa shape index (κ1) is 26.3. The van der Waals surface area contributed by atoms with Crippen LogP contribution in [0.15, 0.2) is 72.3 Å². The zero-order valence-electron chi connectivity index (χ0n) is 20.9. The molecular formula is C29H28ClNO6. The summed E-state index contributed by atoms with van der Waals surface area (Å²) in [5.74, 6) is -0.802. The molecule has 1 aliphatic heterocycles. The minimum Gasteiger partial charge on any atom is -0.507 e. The minimum atomic E-state index is -0.803. The number of rotatable bonds is 9. The van der Waals surface area contributed by atoms with E-state index in [1.165, 1.54) is 25.2 Å². The van der Waals surface area contributed by atoms with Gasteiger partial charge in [-0.05, 0) is 53.9 Å². The second-order valence-electron chi connectivity index (χ2n) is 8.62. The van der Waals surface area contributed by atoms with Crippen molar-refractivity contribution in [3.8, 4) is 11.5 Å². The van der Waals surface area contributed by atoms with Gasteiger partial charge in [0.15, 0.2) is 0 Å². The number of carbonyl (C=O) groups excluding carboxylic acids is 2. The third-order valence-electron chi connectivity index (χ3n) is 6.35. The van der Waals surface area contributed by atoms with E-state index in [4.69, 9.17) is 25.8 Å². The van der Waals surface area contributed by atoms with Gasteiger partial charge in [0.2, 0.25) is 0 Å². The highest BCUT2D eigenvalue weighted by Crippen LogP contribution is 2.40. The lowest BCUT2D eigenvalue weighted by atomic mass is 9.95. The minimum absolute atomic E-state index is 0.0148. The summed E-state index contributed by atoms with van der Waals surface area (Å²) in [5, 5.41) is 11.6. The largest absolute Gasteiger partial charge is 0.507 e. The average molecular weight is 522 g/mol. The summed E-state index contributed by atoms with van der Waals surface area (Å²) in [6.45, 7) is 2.85. The van der Waals surface area contributed by atoms with Gasteiger partial charge in [-0.15, -0.1) is 0 Å². The van der Waals surface area contributed by atoms with Crippen LogP contribution in [-0.4, -0.2) is 49.1 Å². The number of hydrogen-bond acceptors (Lipinski definition) is 6. The van der Waals surface area contributed by atoms with E-state index in [9.17, 15) is 14.7 Å². The molecule has 1 atom stereocenters. The summed E-state index contributed by atoms with van der Waals surface area (Å²) in [4.78, 5) is 27.5. The van der Waals surface area contributed by atoms with Crippen LogP contribution in [0, 0.1) is 6.92 Å². The molecule has 1 amide bonds. The number of ether oxygens (including phenoxy) is 3. The van der Waals surface area contributed by atoms with Crippen molar-refractivity contribution in [1.29, 1.82) is 0 Å². The number of amides is 1. The average Bonchev–Trinajstić information content (AvgIpc) is 3.16. The highest BCUT2D eigenvalue weighted by Gasteiger charge is 2.45. The van der Waals surface area contributed by atoms with Crippen molar-refractivity contribution in [2.75, 3.05) is 27.4 Å². The summed E-state index contributed by atoms with van der Waals surface area (Å²) in [5.41, 5.74) is 3.17. The monoisotopic (exact) mass is 521 g/mol. The molecule has 0 aromatic heterocycles. The number of methoxy groups -OCH3 is 2. The number of hydrogen-bond donors (Lipinski definition) is 1. The van der Waals surface area contributed by atoms with Crippen molar-refractivity contribution in [1.82, 2.24) is 4.90 Å². The van der Waals surface area contributed by atoms with Gasteiger partial charge in [-0.25, -0.2) is 0 Å². The summed E-state index contributed by atoms with van der Waals surface area (Å²) in [7, 11) is 2.98. The summed E-state index contributed by atoms with van der Waals surface area (Å²) in [6, 6.07) is 19.0. The predicted octanol–water partition coefficient (Wildman–Crippen LogP) is 5.30. The molecule has 0 bridgehead atoms. The lowest BCUT2D eigenvalue weighted by Gasteiger charge is -2.25. The second kappa shape index (κ2) is 11.5. The van der Waals surface area contributed by atoms with Gasteiger partial charge < -0.3 is 24.2 Å². The molecule has 0 saturated carbocycles. The van der Waals surface area contributed by atoms with E-state index in [0.29, 0.717) is 34.3 Å². The lowest BCUT2D eigenvalue weighted by Crippen LogP contribution is -2.32. The molecule has 3 aromatic rings. The molecule has 192 valence electrons. The second-order valence-corrected chi connectivity index (χ2v) is 9.03. The zero-order chi connectivity index (χ0) is 26.5. The van der Waals surface area contributed by atoms with Gasteiger partial charge >= 0.3 is 0 Å². The topological polar surface area (TPSA) is 85.3 Å². The van der Waals surface area contributed by atoms with Gasteiger partial charge in [-0.2, -0.15) is 0 Å². The highest BCUT2D eigenvalue weighted by atomic mass is 35.5. The van der Waals surface area contributed by atoms with Crippen LogP contribution in [0.3, 0.4) is 0 Å². The van der Waals surface area contributed by atoms with Crippen LogP contribution in [0.5, 0.6) is 11.5 Å². The fraction of sp³-hybridized carbons (Fsp3) is 0.241. The van der Waals surface area contributed by atoms with E-state index < -0.39 is 17.7 Å². The predicted molar refractivity (Wildman–Crippen MR) is 141 cm³/mol. The van der Waals surface area contributed by atoms with E-state index in [1.54, 1.807) is 36.4 Å². The van der Waals surface area contributed by atoms with Crippen molar-refractivity contribution in [3.05, 3.63) is 99.6 Å². The summed E-state index contributed by atoms with van der Waals surface area (Å²) < 4.78 is 16.4. The smallest absolute Gasteiger partial charge is 0.295 e. The highest BCUT2D eigenvalue weighted by molar-refractivity contribution is 6.46. The molecule has 1 saturated heterocycles. The first-order valence-corrected chi connectivity index (χ1v) is 12.1. The van der Waals surface area contributed by atoms with Gasteiger partial charge in [-0.1, -0.05) is 48.0 Å². The normalized spacial score (nSPS) is 16.8. The van der Waals surface area contributed by atoms with Crippen LogP contribution in [-0.2, 0) is 20.9 Å². The fourth-order valence-corrected chi connectivity index (χ4v) is 4.48. The number of halogens is 1. The zero-order valence-corrected chi connectivity index (χ0v) is 21.6. The maximum atomic E-state index is 13.1. The molecule has 1 N–H and O–H groups in total. The lowest BCUT2D eigenvalue weighted by molar-refractivity contribution is -0.140. The molecule has 0 spiro atoms. The van der Waals surface area contributed by atoms with E-state index in [1.807, 2.05) is 31.2 Å². The molecule has 0 radical (unpaired) electrons. The first-order valence-electron chi connectivity index (χ1n) is 11.7. The van der Waals surface area contributed by atoms with Crippen LogP contribution < -0.4 is 9.47 Å². The van der Waals surface area contributed by atoms with Crippen LogP contribution >= 0.6 is 11.6 Å². The number of aliphatic hydroxyl groups is 1. The molecule has 0 aliphatic carbocycles. The molecule has 1 aliphatic rings. The first-order chi connectivity index (χ1) is 17.8. The van der Waals surface area contributed by atoms with E-state index >= 15 is 0 Å². The van der Waals surface area contributed by atoms with Crippen molar-refractivity contribution in [3.63, 3.8) is 0 Å². The quantitative estimate of drug-likeness (QED) is 0.233. The Morgan fingerprint density at radius 1 is 1.03 bits per heavy atom. The molecule has 1 unspecified atom stereocenters. The maximum Gasteiger partial charge on any atom is 0.295 e. The number of benzene rings is 3. The van der Waals surface area contributed by atoms with E-state index in [0.717, 1.165) is 11.1 Å². The Morgan fingerprint density at radius 2 is 1.76 bits per heavy atom. The van der Waals surface area contributed by atoms with Gasteiger partial charge in [0, 0.05) is 19.2 Å².